The summed E-state index contributed by atoms with van der Waals surface area (Å²) in [5.41, 5.74) is 0.717. The highest BCUT2D eigenvalue weighted by Gasteiger charge is 2.29. The predicted molar refractivity (Wildman–Crippen MR) is 102 cm³/mol. The molecular formula is C21H13NO7. The Balaban J connectivity index is 1.64. The fraction of sp³-hybridized carbons (Fsp3) is 0.0476. The van der Waals surface area contributed by atoms with E-state index in [0.717, 1.165) is 0 Å². The summed E-state index contributed by atoms with van der Waals surface area (Å²) < 4.78 is 15.9. The molecule has 3 aromatic rings. The van der Waals surface area contributed by atoms with Gasteiger partial charge >= 0.3 is 5.97 Å². The van der Waals surface area contributed by atoms with Crippen LogP contribution in [0.5, 0.6) is 5.75 Å². The number of ether oxygens (including phenoxy) is 2. The summed E-state index contributed by atoms with van der Waals surface area (Å²) in [6.45, 7) is 0. The van der Waals surface area contributed by atoms with Gasteiger partial charge in [0, 0.05) is 12.1 Å². The molecule has 0 aliphatic carbocycles. The lowest BCUT2D eigenvalue weighted by Gasteiger charge is -2.00. The van der Waals surface area contributed by atoms with Gasteiger partial charge in [0.15, 0.2) is 5.76 Å². The van der Waals surface area contributed by atoms with Crippen LogP contribution in [-0.4, -0.2) is 23.8 Å². The summed E-state index contributed by atoms with van der Waals surface area (Å²) in [5.74, 6) is -0.0417. The molecule has 1 aliphatic heterocycles. The van der Waals surface area contributed by atoms with Crippen LogP contribution in [-0.2, 0) is 4.74 Å². The Kier molecular flexibility index (Phi) is 4.44. The molecule has 0 fully saturated rings. The van der Waals surface area contributed by atoms with E-state index in [2.05, 4.69) is 4.74 Å². The van der Waals surface area contributed by atoms with Crippen molar-refractivity contribution in [3.8, 4) is 17.1 Å². The maximum atomic E-state index is 12.6. The lowest BCUT2D eigenvalue weighted by atomic mass is 10.1. The van der Waals surface area contributed by atoms with Gasteiger partial charge in [-0.1, -0.05) is 12.1 Å². The van der Waals surface area contributed by atoms with Crippen LogP contribution in [0, 0.1) is 10.1 Å². The molecule has 0 amide bonds. The Morgan fingerprint density at radius 1 is 1.10 bits per heavy atom. The Labute approximate surface area is 164 Å². The largest absolute Gasteiger partial charge is 0.465 e. The number of rotatable bonds is 4. The number of furan rings is 1. The number of nitrogens with zero attached hydrogens (tertiary/aromatic N) is 1. The highest BCUT2D eigenvalue weighted by molar-refractivity contribution is 6.15. The zero-order chi connectivity index (χ0) is 20.5. The van der Waals surface area contributed by atoms with Crippen molar-refractivity contribution in [2.45, 2.75) is 0 Å². The summed E-state index contributed by atoms with van der Waals surface area (Å²) in [6, 6.07) is 13.8. The van der Waals surface area contributed by atoms with Gasteiger partial charge in [-0.3, -0.25) is 14.9 Å². The highest BCUT2D eigenvalue weighted by Crippen LogP contribution is 2.35. The monoisotopic (exact) mass is 391 g/mol. The second-order valence-electron chi connectivity index (χ2n) is 6.12. The van der Waals surface area contributed by atoms with Crippen LogP contribution in [0.4, 0.5) is 5.69 Å². The van der Waals surface area contributed by atoms with Crippen molar-refractivity contribution in [1.82, 2.24) is 0 Å². The number of carbonyl (C=O) groups excluding carboxylic acids is 2. The van der Waals surface area contributed by atoms with Gasteiger partial charge in [-0.25, -0.2) is 4.79 Å². The number of esters is 1. The average molecular weight is 391 g/mol. The van der Waals surface area contributed by atoms with Crippen LogP contribution >= 0.6 is 0 Å². The van der Waals surface area contributed by atoms with Crippen LogP contribution in [0.2, 0.25) is 0 Å². The molecule has 0 spiro atoms. The number of hydrogen-bond donors (Lipinski definition) is 0. The zero-order valence-corrected chi connectivity index (χ0v) is 15.1. The van der Waals surface area contributed by atoms with Crippen LogP contribution in [0.3, 0.4) is 0 Å². The first-order valence-corrected chi connectivity index (χ1v) is 8.48. The SMILES string of the molecule is COC(=O)c1ccc2c(c1)C(=O)/C(=C\c1ccc(-c3ccccc3[N+](=O)[O-])o1)O2. The summed E-state index contributed by atoms with van der Waals surface area (Å²) >= 11 is 0. The number of nitro groups is 1. The molecule has 0 atom stereocenters. The van der Waals surface area contributed by atoms with E-state index in [-0.39, 0.29) is 22.6 Å². The Hall–Kier alpha value is -4.20. The van der Waals surface area contributed by atoms with Gasteiger partial charge in [0.25, 0.3) is 5.69 Å². The maximum Gasteiger partial charge on any atom is 0.337 e. The minimum Gasteiger partial charge on any atom is -0.465 e. The topological polar surface area (TPSA) is 109 Å². The molecule has 0 saturated carbocycles. The van der Waals surface area contributed by atoms with Crippen molar-refractivity contribution < 1.29 is 28.4 Å². The number of nitro benzene ring substituents is 1. The van der Waals surface area contributed by atoms with Crippen LogP contribution in [0.25, 0.3) is 17.4 Å². The third kappa shape index (κ3) is 3.27. The molecule has 1 aromatic heterocycles. The van der Waals surface area contributed by atoms with Gasteiger partial charge in [-0.05, 0) is 36.4 Å². The molecule has 1 aliphatic rings. The summed E-state index contributed by atoms with van der Waals surface area (Å²) in [4.78, 5) is 35.0. The number of hydrogen-bond acceptors (Lipinski definition) is 7. The van der Waals surface area contributed by atoms with E-state index in [1.54, 1.807) is 30.3 Å². The smallest absolute Gasteiger partial charge is 0.337 e. The predicted octanol–water partition coefficient (Wildman–Crippen LogP) is 4.26. The molecular weight excluding hydrogens is 378 g/mol. The maximum absolute atomic E-state index is 12.6. The van der Waals surface area contributed by atoms with Gasteiger partial charge in [-0.2, -0.15) is 0 Å². The molecule has 2 aromatic carbocycles. The molecule has 8 nitrogen and oxygen atoms in total. The number of fused-ring (bicyclic) bond motifs is 1. The number of ketones is 1. The molecule has 0 radical (unpaired) electrons. The standard InChI is InChI=1S/C21H13NO7/c1-27-21(24)12-6-8-18-15(10-12)20(23)19(29-18)11-13-7-9-17(28-13)14-4-2-3-5-16(14)22(25)26/h2-11H,1H3/b19-11+. The number of carbonyl (C=O) groups is 2. The van der Waals surface area contributed by atoms with Gasteiger partial charge in [0.05, 0.1) is 28.7 Å². The van der Waals surface area contributed by atoms with Crippen molar-refractivity contribution in [1.29, 1.82) is 0 Å². The number of allylic oxidation sites excluding steroid dienone is 1. The van der Waals surface area contributed by atoms with Crippen LogP contribution in [0.15, 0.2) is 64.8 Å². The molecule has 8 heteroatoms. The van der Waals surface area contributed by atoms with Gasteiger partial charge in [0.1, 0.15) is 17.3 Å². The highest BCUT2D eigenvalue weighted by atomic mass is 16.6. The molecule has 144 valence electrons. The van der Waals surface area contributed by atoms with Gasteiger partial charge < -0.3 is 13.9 Å². The molecule has 0 unspecified atom stereocenters. The normalized spacial score (nSPS) is 13.8. The first kappa shape index (κ1) is 18.2. The zero-order valence-electron chi connectivity index (χ0n) is 15.1. The fourth-order valence-electron chi connectivity index (χ4n) is 2.98. The molecule has 29 heavy (non-hydrogen) atoms. The minimum absolute atomic E-state index is 0.0190. The van der Waals surface area contributed by atoms with Crippen LogP contribution < -0.4 is 4.74 Å². The number of benzene rings is 2. The molecule has 2 heterocycles. The quantitative estimate of drug-likeness (QED) is 0.283. The first-order valence-electron chi connectivity index (χ1n) is 8.48. The average Bonchev–Trinajstić information content (AvgIpc) is 3.32. The molecule has 0 bridgehead atoms. The Morgan fingerprint density at radius 2 is 1.90 bits per heavy atom. The summed E-state index contributed by atoms with van der Waals surface area (Å²) in [7, 11) is 1.25. The van der Waals surface area contributed by atoms with E-state index >= 15 is 0 Å². The van der Waals surface area contributed by atoms with E-state index in [1.165, 1.54) is 37.5 Å². The number of para-hydroxylation sites is 1. The first-order chi connectivity index (χ1) is 14.0. The number of methoxy groups -OCH3 is 1. The van der Waals surface area contributed by atoms with Crippen molar-refractivity contribution in [3.63, 3.8) is 0 Å². The third-order valence-electron chi connectivity index (χ3n) is 4.36. The van der Waals surface area contributed by atoms with Gasteiger partial charge in [-0.15, -0.1) is 0 Å². The van der Waals surface area contributed by atoms with Crippen molar-refractivity contribution in [2.75, 3.05) is 7.11 Å². The minimum atomic E-state index is -0.557. The van der Waals surface area contributed by atoms with Crippen molar-refractivity contribution >= 4 is 23.5 Å². The molecule has 4 rings (SSSR count). The van der Waals surface area contributed by atoms with E-state index in [4.69, 9.17) is 9.15 Å². The van der Waals surface area contributed by atoms with E-state index in [9.17, 15) is 19.7 Å². The van der Waals surface area contributed by atoms with Crippen molar-refractivity contribution in [3.05, 3.63) is 87.4 Å². The summed E-state index contributed by atoms with van der Waals surface area (Å²) in [6.07, 6.45) is 1.40. The lowest BCUT2D eigenvalue weighted by molar-refractivity contribution is -0.384. The van der Waals surface area contributed by atoms with E-state index < -0.39 is 16.7 Å². The molecule has 0 N–H and O–H groups in total. The third-order valence-corrected chi connectivity index (χ3v) is 4.36. The van der Waals surface area contributed by atoms with E-state index in [1.807, 2.05) is 0 Å². The Morgan fingerprint density at radius 3 is 2.66 bits per heavy atom. The molecule has 0 saturated heterocycles. The second-order valence-corrected chi connectivity index (χ2v) is 6.12. The fourth-order valence-corrected chi connectivity index (χ4v) is 2.98. The van der Waals surface area contributed by atoms with Crippen molar-refractivity contribution in [2.24, 2.45) is 0 Å². The summed E-state index contributed by atoms with van der Waals surface area (Å²) in [5, 5.41) is 11.2. The Bertz CT molecular complexity index is 1190. The number of Topliss-reactive ketones (excluding diaryl/α,β-unsaturated/α-hetero) is 1. The lowest BCUT2D eigenvalue weighted by Crippen LogP contribution is -2.02. The van der Waals surface area contributed by atoms with E-state index in [0.29, 0.717) is 22.8 Å². The van der Waals surface area contributed by atoms with Crippen LogP contribution in [0.1, 0.15) is 26.5 Å². The van der Waals surface area contributed by atoms with Gasteiger partial charge in [0.2, 0.25) is 5.78 Å². The second kappa shape index (κ2) is 7.08.